The summed E-state index contributed by atoms with van der Waals surface area (Å²) >= 11 is 0. The van der Waals surface area contributed by atoms with E-state index < -0.39 is 0 Å². The first kappa shape index (κ1) is 60.1. The van der Waals surface area contributed by atoms with Crippen molar-refractivity contribution in [1.29, 1.82) is 0 Å². The minimum Gasteiger partial charge on any atom is -0.508 e. The molecule has 9 nitrogen and oxygen atoms in total. The summed E-state index contributed by atoms with van der Waals surface area (Å²) in [6, 6.07) is 53.9. The summed E-state index contributed by atoms with van der Waals surface area (Å²) in [5.41, 5.74) is 10.5. The van der Waals surface area contributed by atoms with E-state index >= 15 is 0 Å². The Morgan fingerprint density at radius 2 is 0.426 bits per heavy atom. The molecule has 362 valence electrons. The van der Waals surface area contributed by atoms with Crippen LogP contribution >= 0.6 is 0 Å². The predicted molar refractivity (Wildman–Crippen MR) is 280 cm³/mol. The highest BCUT2D eigenvalue weighted by Gasteiger charge is 1.97. The Morgan fingerprint density at radius 3 is 0.603 bits per heavy atom. The van der Waals surface area contributed by atoms with Crippen LogP contribution in [-0.2, 0) is 0 Å². The summed E-state index contributed by atoms with van der Waals surface area (Å²) in [4.78, 5) is 0. The van der Waals surface area contributed by atoms with Crippen molar-refractivity contribution in [3.63, 3.8) is 0 Å². The lowest BCUT2D eigenvalue weighted by Crippen LogP contribution is -1.78. The van der Waals surface area contributed by atoms with Gasteiger partial charge in [-0.2, -0.15) is 0 Å². The molecule has 0 aromatic heterocycles. The number of benzene rings is 8. The number of rotatable bonds is 0. The second-order valence-corrected chi connectivity index (χ2v) is 15.2. The smallest absolute Gasteiger partial charge is 0.118 e. The molecular formula is C59H72O9. The summed E-state index contributed by atoms with van der Waals surface area (Å²) < 4.78 is 0. The van der Waals surface area contributed by atoms with Gasteiger partial charge in [-0.3, -0.25) is 0 Å². The number of phenols is 8. The van der Waals surface area contributed by atoms with Crippen LogP contribution in [-0.4, -0.2) is 53.1 Å². The van der Waals surface area contributed by atoms with E-state index in [0.29, 0.717) is 46.0 Å². The zero-order valence-electron chi connectivity index (χ0n) is 41.3. The number of aliphatic hydroxyl groups excluding tert-OH is 1. The SMILES string of the molecule is CO.Cc1ccc(O)cc1.Cc1cccc(O)c1C.Cc1cccc(O)c1C.Cc1cccc(O)c1C.Cc1cccc(O)c1C.Cc1ccccc1O.Oc1ccccc1.Oc1ccccc1. The Morgan fingerprint density at radius 1 is 0.206 bits per heavy atom. The molecule has 0 unspecified atom stereocenters. The van der Waals surface area contributed by atoms with Crippen LogP contribution in [0.25, 0.3) is 0 Å². The average Bonchev–Trinajstić information content (AvgIpc) is 3.33. The first-order valence-electron chi connectivity index (χ1n) is 21.7. The Balaban J connectivity index is 0.000000751. The molecule has 9 N–H and O–H groups in total. The maximum absolute atomic E-state index is 9.10. The summed E-state index contributed by atoms with van der Waals surface area (Å²) in [6.45, 7) is 19.4. The molecule has 0 radical (unpaired) electrons. The van der Waals surface area contributed by atoms with Crippen molar-refractivity contribution < 1.29 is 46.0 Å². The molecule has 0 aliphatic heterocycles. The molecule has 0 aliphatic rings. The Labute approximate surface area is 404 Å². The Kier molecular flexibility index (Phi) is 30.5. The lowest BCUT2D eigenvalue weighted by atomic mass is 10.1. The fraction of sp³-hybridized carbons (Fsp3) is 0.186. The van der Waals surface area contributed by atoms with Crippen molar-refractivity contribution in [2.75, 3.05) is 7.11 Å². The van der Waals surface area contributed by atoms with E-state index in [0.717, 1.165) is 57.2 Å². The van der Waals surface area contributed by atoms with Gasteiger partial charge in [0.1, 0.15) is 46.0 Å². The van der Waals surface area contributed by atoms with E-state index in [2.05, 4.69) is 0 Å². The molecule has 0 heterocycles. The average molecular weight is 925 g/mol. The number of hydrogen-bond acceptors (Lipinski definition) is 9. The third kappa shape index (κ3) is 26.2. The van der Waals surface area contributed by atoms with Gasteiger partial charge in [-0.15, -0.1) is 0 Å². The van der Waals surface area contributed by atoms with Gasteiger partial charge < -0.3 is 46.0 Å². The second-order valence-electron chi connectivity index (χ2n) is 15.2. The van der Waals surface area contributed by atoms with Gasteiger partial charge in [0.2, 0.25) is 0 Å². The van der Waals surface area contributed by atoms with E-state index in [1.807, 2.05) is 160 Å². The standard InChI is InChI=1S/4C8H10O.2C7H8O.2C6H6O.CH4O/c4*1-6-4-3-5-8(9)7(6)2;1-6-2-4-7(8)5-3-6;1-6-4-2-3-5-7(6)8;2*7-6-4-2-1-3-5-6;1-2/h4*3-5,9H,1-2H3;2*2-5,8H,1H3;2*1-5,7H;2H,1H3. The quantitative estimate of drug-likeness (QED) is 0.0715. The second kappa shape index (κ2) is 34.5. The highest BCUT2D eigenvalue weighted by atomic mass is 16.3. The van der Waals surface area contributed by atoms with Crippen LogP contribution in [0.1, 0.15) is 55.6 Å². The van der Waals surface area contributed by atoms with Gasteiger partial charge in [-0.05, 0) is 186 Å². The third-order valence-electron chi connectivity index (χ3n) is 9.97. The molecule has 0 saturated carbocycles. The summed E-state index contributed by atoms with van der Waals surface area (Å²) in [6.07, 6.45) is 0. The molecule has 68 heavy (non-hydrogen) atoms. The fourth-order valence-electron chi connectivity index (χ4n) is 4.91. The van der Waals surface area contributed by atoms with Crippen molar-refractivity contribution in [3.8, 4) is 46.0 Å². The minimum atomic E-state index is 0.322. The van der Waals surface area contributed by atoms with Crippen molar-refractivity contribution >= 4 is 0 Å². The number of para-hydroxylation sites is 3. The monoisotopic (exact) mass is 925 g/mol. The topological polar surface area (TPSA) is 182 Å². The molecule has 0 aliphatic carbocycles. The summed E-state index contributed by atoms with van der Waals surface area (Å²) in [5.74, 6) is 2.88. The highest BCUT2D eigenvalue weighted by Crippen LogP contribution is 2.20. The maximum Gasteiger partial charge on any atom is 0.118 e. The van der Waals surface area contributed by atoms with E-state index in [4.69, 9.17) is 46.0 Å². The number of hydrogen-bond donors (Lipinski definition) is 9. The highest BCUT2D eigenvalue weighted by molar-refractivity contribution is 5.39. The normalized spacial score (nSPS) is 9.06. The van der Waals surface area contributed by atoms with Crippen LogP contribution in [0.3, 0.4) is 0 Å². The molecule has 0 amide bonds. The molecule has 8 aromatic rings. The van der Waals surface area contributed by atoms with Crippen LogP contribution in [0.2, 0.25) is 0 Å². The molecule has 8 rings (SSSR count). The molecule has 9 heteroatoms. The molecule has 0 bridgehead atoms. The number of phenolic OH excluding ortho intramolecular Hbond substituents is 8. The zero-order chi connectivity index (χ0) is 51.6. The molecule has 0 fully saturated rings. The number of aryl methyl sites for hydroxylation is 6. The van der Waals surface area contributed by atoms with Crippen LogP contribution in [0.15, 0.2) is 182 Å². The largest absolute Gasteiger partial charge is 0.508 e. The van der Waals surface area contributed by atoms with Gasteiger partial charge in [0.15, 0.2) is 0 Å². The van der Waals surface area contributed by atoms with Gasteiger partial charge in [-0.25, -0.2) is 0 Å². The van der Waals surface area contributed by atoms with Gasteiger partial charge in [0.05, 0.1) is 0 Å². The summed E-state index contributed by atoms with van der Waals surface area (Å²) in [5, 5.41) is 78.3. The Bertz CT molecular complexity index is 2200. The zero-order valence-corrected chi connectivity index (χ0v) is 41.3. The predicted octanol–water partition coefficient (Wildman–Crippen LogP) is 13.8. The van der Waals surface area contributed by atoms with Crippen molar-refractivity contribution in [3.05, 3.63) is 238 Å². The fourth-order valence-corrected chi connectivity index (χ4v) is 4.91. The van der Waals surface area contributed by atoms with E-state index in [1.165, 1.54) is 5.56 Å². The van der Waals surface area contributed by atoms with Crippen LogP contribution in [0.5, 0.6) is 46.0 Å². The van der Waals surface area contributed by atoms with Gasteiger partial charge in [-0.1, -0.05) is 121 Å². The van der Waals surface area contributed by atoms with Crippen LogP contribution < -0.4 is 0 Å². The van der Waals surface area contributed by atoms with Crippen molar-refractivity contribution in [2.24, 2.45) is 0 Å². The molecular weight excluding hydrogens is 853 g/mol. The van der Waals surface area contributed by atoms with E-state index in [1.54, 1.807) is 91.0 Å². The first-order chi connectivity index (χ1) is 32.2. The Hall–Kier alpha value is -7.88. The number of aromatic hydroxyl groups is 8. The molecule has 0 saturated heterocycles. The third-order valence-corrected chi connectivity index (χ3v) is 9.97. The van der Waals surface area contributed by atoms with E-state index in [9.17, 15) is 0 Å². The van der Waals surface area contributed by atoms with Crippen molar-refractivity contribution in [2.45, 2.75) is 69.2 Å². The van der Waals surface area contributed by atoms with Gasteiger partial charge in [0, 0.05) is 7.11 Å². The summed E-state index contributed by atoms with van der Waals surface area (Å²) in [7, 11) is 1.00. The van der Waals surface area contributed by atoms with Crippen LogP contribution in [0.4, 0.5) is 0 Å². The van der Waals surface area contributed by atoms with Gasteiger partial charge >= 0.3 is 0 Å². The first-order valence-corrected chi connectivity index (χ1v) is 21.7. The van der Waals surface area contributed by atoms with Gasteiger partial charge in [0.25, 0.3) is 0 Å². The lowest BCUT2D eigenvalue weighted by Gasteiger charge is -1.99. The minimum absolute atomic E-state index is 0.322. The molecule has 0 atom stereocenters. The van der Waals surface area contributed by atoms with E-state index in [-0.39, 0.29) is 0 Å². The number of aliphatic hydroxyl groups is 1. The lowest BCUT2D eigenvalue weighted by molar-refractivity contribution is 0.399. The van der Waals surface area contributed by atoms with Crippen LogP contribution in [0, 0.1) is 69.2 Å². The van der Waals surface area contributed by atoms with Crippen molar-refractivity contribution in [1.82, 2.24) is 0 Å². The molecule has 8 aromatic carbocycles. The maximum atomic E-state index is 9.10. The molecule has 0 spiro atoms.